The van der Waals surface area contributed by atoms with Crippen LogP contribution in [0.15, 0.2) is 0 Å². The molecular weight excluding hydrogens is 260 g/mol. The summed E-state index contributed by atoms with van der Waals surface area (Å²) in [4.78, 5) is 34.3. The smallest absolute Gasteiger partial charge is 0.326 e. The van der Waals surface area contributed by atoms with Crippen molar-refractivity contribution in [2.45, 2.75) is 25.0 Å². The van der Waals surface area contributed by atoms with Gasteiger partial charge >= 0.3 is 5.97 Å². The number of thioether (sulfide) groups is 1. The number of primary amides is 1. The molecule has 0 spiro atoms. The van der Waals surface area contributed by atoms with Crippen molar-refractivity contribution in [3.63, 3.8) is 0 Å². The molecule has 2 amide bonds. The summed E-state index contributed by atoms with van der Waals surface area (Å²) in [7, 11) is 0. The number of carbonyl (C=O) groups excluding carboxylic acids is 2. The van der Waals surface area contributed by atoms with Gasteiger partial charge in [0.25, 0.3) is 0 Å². The van der Waals surface area contributed by atoms with Gasteiger partial charge in [-0.05, 0) is 0 Å². The number of carboxylic acids is 1. The highest BCUT2D eigenvalue weighted by atomic mass is 32.2. The highest BCUT2D eigenvalue weighted by Gasteiger charge is 2.38. The quantitative estimate of drug-likeness (QED) is 0.515. The Kier molecular flexibility index (Phi) is 5.42. The molecule has 0 aliphatic carbocycles. The Morgan fingerprint density at radius 3 is 2.61 bits per heavy atom. The van der Waals surface area contributed by atoms with E-state index < -0.39 is 24.0 Å². The Hall–Kier alpha value is -1.28. The maximum Gasteiger partial charge on any atom is 0.326 e. The fourth-order valence-corrected chi connectivity index (χ4v) is 2.46. The first kappa shape index (κ1) is 14.8. The van der Waals surface area contributed by atoms with Gasteiger partial charge in [-0.25, -0.2) is 4.79 Å². The van der Waals surface area contributed by atoms with Crippen molar-refractivity contribution in [1.29, 1.82) is 0 Å². The number of nitrogens with zero attached hydrogens (tertiary/aromatic N) is 1. The average Bonchev–Trinajstić information content (AvgIpc) is 2.66. The molecule has 0 bridgehead atoms. The number of aliphatic hydroxyl groups excluding tert-OH is 1. The number of carbonyl (C=O) groups is 3. The van der Waals surface area contributed by atoms with Crippen LogP contribution >= 0.6 is 11.8 Å². The summed E-state index contributed by atoms with van der Waals surface area (Å²) in [5.41, 5.74) is 4.95. The van der Waals surface area contributed by atoms with Crippen LogP contribution in [0.4, 0.5) is 0 Å². The lowest BCUT2D eigenvalue weighted by molar-refractivity contribution is -0.148. The van der Waals surface area contributed by atoms with Gasteiger partial charge in [0.2, 0.25) is 11.8 Å². The molecule has 0 aromatic rings. The molecule has 1 heterocycles. The van der Waals surface area contributed by atoms with E-state index in [9.17, 15) is 19.5 Å². The Bertz CT molecular complexity index is 349. The van der Waals surface area contributed by atoms with E-state index in [0.29, 0.717) is 5.75 Å². The first-order valence-corrected chi connectivity index (χ1v) is 6.63. The molecule has 8 heteroatoms. The molecule has 1 aliphatic rings. The van der Waals surface area contributed by atoms with Crippen molar-refractivity contribution >= 4 is 29.5 Å². The van der Waals surface area contributed by atoms with E-state index in [-0.39, 0.29) is 31.0 Å². The Labute approximate surface area is 108 Å². The van der Waals surface area contributed by atoms with Gasteiger partial charge in [-0.1, -0.05) is 0 Å². The normalized spacial score (nSPS) is 23.1. The topological polar surface area (TPSA) is 121 Å². The second-order valence-corrected chi connectivity index (χ2v) is 5.16. The van der Waals surface area contributed by atoms with E-state index in [1.54, 1.807) is 0 Å². The molecule has 1 aliphatic heterocycles. The van der Waals surface area contributed by atoms with Crippen LogP contribution in [0.25, 0.3) is 0 Å². The summed E-state index contributed by atoms with van der Waals surface area (Å²) in [6.45, 7) is 0.0519. The Morgan fingerprint density at radius 1 is 1.39 bits per heavy atom. The second-order valence-electron chi connectivity index (χ2n) is 4.06. The third-order valence-corrected chi connectivity index (χ3v) is 3.57. The lowest BCUT2D eigenvalue weighted by atomic mass is 10.2. The van der Waals surface area contributed by atoms with Crippen LogP contribution in [-0.4, -0.2) is 63.1 Å². The summed E-state index contributed by atoms with van der Waals surface area (Å²) in [5.74, 6) is -1.34. The van der Waals surface area contributed by atoms with Crippen molar-refractivity contribution in [1.82, 2.24) is 4.90 Å². The third-order valence-electron chi connectivity index (χ3n) is 2.59. The van der Waals surface area contributed by atoms with E-state index in [1.807, 2.05) is 0 Å². The lowest BCUT2D eigenvalue weighted by Gasteiger charge is -2.20. The average molecular weight is 276 g/mol. The number of hydrogen-bond acceptors (Lipinski definition) is 5. The molecule has 0 saturated carbocycles. The molecule has 102 valence electrons. The van der Waals surface area contributed by atoms with Gasteiger partial charge in [0.05, 0.1) is 11.9 Å². The van der Waals surface area contributed by atoms with Gasteiger partial charge in [-0.3, -0.25) is 9.59 Å². The van der Waals surface area contributed by atoms with Crippen LogP contribution in [0.1, 0.15) is 12.8 Å². The highest BCUT2D eigenvalue weighted by Crippen LogP contribution is 2.19. The third kappa shape index (κ3) is 4.19. The Balaban J connectivity index is 2.40. The van der Waals surface area contributed by atoms with Gasteiger partial charge in [-0.15, -0.1) is 0 Å². The molecule has 7 nitrogen and oxygen atoms in total. The SMILES string of the molecule is NC(=O)CSCCC(=O)N1C[C@H](O)C[C@H]1C(=O)O. The number of rotatable bonds is 6. The highest BCUT2D eigenvalue weighted by molar-refractivity contribution is 7.99. The Morgan fingerprint density at radius 2 is 2.06 bits per heavy atom. The summed E-state index contributed by atoms with van der Waals surface area (Å²) in [6, 6.07) is -0.950. The predicted octanol–water partition coefficient (Wildman–Crippen LogP) is -1.36. The van der Waals surface area contributed by atoms with Crippen LogP contribution in [0, 0.1) is 0 Å². The lowest BCUT2D eigenvalue weighted by Crippen LogP contribution is -2.40. The fraction of sp³-hybridized carbons (Fsp3) is 0.700. The van der Waals surface area contributed by atoms with Crippen molar-refractivity contribution in [3.8, 4) is 0 Å². The van der Waals surface area contributed by atoms with E-state index in [1.165, 1.54) is 16.7 Å². The van der Waals surface area contributed by atoms with Crippen molar-refractivity contribution in [3.05, 3.63) is 0 Å². The van der Waals surface area contributed by atoms with E-state index in [0.717, 1.165) is 0 Å². The number of β-amino-alcohol motifs (C(OH)–C–C–N with tert-alkyl or cyclic N) is 1. The number of carboxylic acid groups (broad SMARTS) is 1. The molecule has 2 atom stereocenters. The van der Waals surface area contributed by atoms with Crippen molar-refractivity contribution in [2.24, 2.45) is 5.73 Å². The summed E-state index contributed by atoms with van der Waals surface area (Å²) in [6.07, 6.45) is -0.586. The molecule has 1 rings (SSSR count). The van der Waals surface area contributed by atoms with Crippen LogP contribution in [0.2, 0.25) is 0 Å². The van der Waals surface area contributed by atoms with Gasteiger partial charge in [-0.2, -0.15) is 11.8 Å². The summed E-state index contributed by atoms with van der Waals surface area (Å²) in [5, 5.41) is 18.3. The van der Waals surface area contributed by atoms with Crippen LogP contribution in [0.5, 0.6) is 0 Å². The van der Waals surface area contributed by atoms with E-state index in [4.69, 9.17) is 10.8 Å². The van der Waals surface area contributed by atoms with Crippen LogP contribution < -0.4 is 5.73 Å². The molecule has 1 saturated heterocycles. The first-order chi connectivity index (χ1) is 8.41. The zero-order valence-electron chi connectivity index (χ0n) is 9.74. The zero-order chi connectivity index (χ0) is 13.7. The number of aliphatic hydroxyl groups is 1. The van der Waals surface area contributed by atoms with Gasteiger partial charge in [0.1, 0.15) is 6.04 Å². The van der Waals surface area contributed by atoms with Gasteiger partial charge in [0, 0.05) is 25.1 Å². The molecule has 18 heavy (non-hydrogen) atoms. The summed E-state index contributed by atoms with van der Waals surface area (Å²) >= 11 is 1.23. The largest absolute Gasteiger partial charge is 0.480 e. The van der Waals surface area contributed by atoms with E-state index in [2.05, 4.69) is 0 Å². The van der Waals surface area contributed by atoms with Gasteiger partial charge in [0.15, 0.2) is 0 Å². The van der Waals surface area contributed by atoms with Crippen molar-refractivity contribution < 1.29 is 24.6 Å². The molecule has 0 aromatic heterocycles. The molecule has 0 unspecified atom stereocenters. The van der Waals surface area contributed by atoms with E-state index >= 15 is 0 Å². The number of amides is 2. The minimum Gasteiger partial charge on any atom is -0.480 e. The maximum atomic E-state index is 11.8. The fourth-order valence-electron chi connectivity index (χ4n) is 1.80. The first-order valence-electron chi connectivity index (χ1n) is 5.48. The standard InChI is InChI=1S/C10H16N2O5S/c11-8(14)5-18-2-1-9(15)12-4-6(13)3-7(12)10(16)17/h6-7,13H,1-5H2,(H2,11,14)(H,16,17)/t6-,7+/m1/s1. The van der Waals surface area contributed by atoms with Crippen LogP contribution in [-0.2, 0) is 14.4 Å². The minimum atomic E-state index is -1.11. The van der Waals surface area contributed by atoms with Gasteiger partial charge < -0.3 is 20.8 Å². The minimum absolute atomic E-state index is 0.0519. The number of nitrogens with two attached hydrogens (primary N) is 1. The maximum absolute atomic E-state index is 11.8. The number of aliphatic carboxylic acids is 1. The molecule has 4 N–H and O–H groups in total. The van der Waals surface area contributed by atoms with Crippen LogP contribution in [0.3, 0.4) is 0 Å². The predicted molar refractivity (Wildman–Crippen MR) is 64.9 cm³/mol. The number of hydrogen-bond donors (Lipinski definition) is 3. The molecule has 0 radical (unpaired) electrons. The summed E-state index contributed by atoms with van der Waals surface area (Å²) < 4.78 is 0. The molecular formula is C10H16N2O5S. The second kappa shape index (κ2) is 6.60. The van der Waals surface area contributed by atoms with Crippen molar-refractivity contribution in [2.75, 3.05) is 18.1 Å². The molecule has 0 aromatic carbocycles. The molecule has 1 fully saturated rings. The zero-order valence-corrected chi connectivity index (χ0v) is 10.6. The monoisotopic (exact) mass is 276 g/mol. The number of likely N-dealkylation sites (tertiary alicyclic amines) is 1.